The number of rotatable bonds is 5. The Labute approximate surface area is 109 Å². The van der Waals surface area contributed by atoms with Gasteiger partial charge < -0.3 is 10.1 Å². The van der Waals surface area contributed by atoms with Crippen LogP contribution in [-0.4, -0.2) is 10.1 Å². The van der Waals surface area contributed by atoms with Gasteiger partial charge in [0.1, 0.15) is 6.10 Å². The Morgan fingerprint density at radius 2 is 1.83 bits per heavy atom. The average molecular weight is 243 g/mol. The molecule has 2 aromatic rings. The fourth-order valence-electron chi connectivity index (χ4n) is 2.47. The Morgan fingerprint density at radius 3 is 2.39 bits per heavy atom. The smallest absolute Gasteiger partial charge is 0.101 e. The number of hydrogen-bond donors (Lipinski definition) is 2. The van der Waals surface area contributed by atoms with Crippen molar-refractivity contribution in [2.24, 2.45) is 5.92 Å². The van der Waals surface area contributed by atoms with Crippen molar-refractivity contribution in [2.75, 3.05) is 0 Å². The summed E-state index contributed by atoms with van der Waals surface area (Å²) in [5.41, 5.74) is 2.10. The molecule has 0 fully saturated rings. The lowest BCUT2D eigenvalue weighted by Crippen LogP contribution is -2.18. The number of aromatic amines is 1. The van der Waals surface area contributed by atoms with Crippen molar-refractivity contribution in [2.45, 2.75) is 32.3 Å². The summed E-state index contributed by atoms with van der Waals surface area (Å²) in [5, 5.41) is 10.6. The van der Waals surface area contributed by atoms with Gasteiger partial charge >= 0.3 is 0 Å². The molecule has 0 saturated carbocycles. The topological polar surface area (TPSA) is 36.0 Å². The van der Waals surface area contributed by atoms with Crippen molar-refractivity contribution in [1.82, 2.24) is 4.98 Å². The summed E-state index contributed by atoms with van der Waals surface area (Å²) >= 11 is 0. The number of aromatic nitrogens is 1. The van der Waals surface area contributed by atoms with E-state index in [-0.39, 0.29) is 5.92 Å². The van der Waals surface area contributed by atoms with Gasteiger partial charge in [0.2, 0.25) is 0 Å². The first-order valence-corrected chi connectivity index (χ1v) is 6.60. The third-order valence-corrected chi connectivity index (χ3v) is 3.72. The third kappa shape index (κ3) is 2.65. The van der Waals surface area contributed by atoms with Crippen LogP contribution in [0, 0.1) is 5.92 Å². The predicted octanol–water partition coefficient (Wildman–Crippen LogP) is 3.88. The molecule has 2 N–H and O–H groups in total. The van der Waals surface area contributed by atoms with E-state index in [1.54, 1.807) is 0 Å². The molecule has 0 aliphatic heterocycles. The standard InChI is InChI=1S/C16H21NO/c1-3-12(2)15(13-8-5-4-6-9-13)16(18)14-10-7-11-17-14/h4-12,15-18H,3H2,1-2H3. The Morgan fingerprint density at radius 1 is 1.11 bits per heavy atom. The molecule has 0 amide bonds. The lowest BCUT2D eigenvalue weighted by atomic mass is 9.80. The number of aliphatic hydroxyl groups is 1. The Bertz CT molecular complexity index is 449. The first-order valence-electron chi connectivity index (χ1n) is 6.60. The molecule has 0 aliphatic rings. The van der Waals surface area contributed by atoms with Gasteiger partial charge in [0, 0.05) is 17.8 Å². The first kappa shape index (κ1) is 12.9. The highest BCUT2D eigenvalue weighted by Crippen LogP contribution is 2.37. The van der Waals surface area contributed by atoms with Crippen LogP contribution in [0.3, 0.4) is 0 Å². The molecule has 0 saturated heterocycles. The maximum atomic E-state index is 10.6. The molecule has 0 radical (unpaired) electrons. The van der Waals surface area contributed by atoms with Crippen LogP contribution in [0.25, 0.3) is 0 Å². The van der Waals surface area contributed by atoms with Gasteiger partial charge in [0.15, 0.2) is 0 Å². The van der Waals surface area contributed by atoms with Crippen LogP contribution in [-0.2, 0) is 0 Å². The number of hydrogen-bond acceptors (Lipinski definition) is 1. The maximum Gasteiger partial charge on any atom is 0.101 e. The summed E-state index contributed by atoms with van der Waals surface area (Å²) in [4.78, 5) is 3.12. The zero-order chi connectivity index (χ0) is 13.0. The summed E-state index contributed by atoms with van der Waals surface area (Å²) in [5.74, 6) is 0.570. The average Bonchev–Trinajstić information content (AvgIpc) is 2.94. The van der Waals surface area contributed by atoms with Crippen LogP contribution < -0.4 is 0 Å². The molecule has 0 spiro atoms. The van der Waals surface area contributed by atoms with Crippen LogP contribution in [0.4, 0.5) is 0 Å². The zero-order valence-electron chi connectivity index (χ0n) is 11.0. The Kier molecular flexibility index (Phi) is 4.21. The molecule has 3 atom stereocenters. The van der Waals surface area contributed by atoms with Crippen LogP contribution in [0.5, 0.6) is 0 Å². The van der Waals surface area contributed by atoms with Crippen molar-refractivity contribution < 1.29 is 5.11 Å². The highest BCUT2D eigenvalue weighted by molar-refractivity contribution is 5.24. The van der Waals surface area contributed by atoms with Crippen molar-refractivity contribution in [3.05, 3.63) is 59.9 Å². The van der Waals surface area contributed by atoms with Crippen LogP contribution >= 0.6 is 0 Å². The molecule has 2 nitrogen and oxygen atoms in total. The van der Waals surface area contributed by atoms with Crippen LogP contribution in [0.15, 0.2) is 48.7 Å². The van der Waals surface area contributed by atoms with E-state index in [9.17, 15) is 5.11 Å². The Hall–Kier alpha value is -1.54. The fourth-order valence-corrected chi connectivity index (χ4v) is 2.47. The SMILES string of the molecule is CCC(C)C(c1ccccc1)C(O)c1ccc[nH]1. The summed E-state index contributed by atoms with van der Waals surface area (Å²) in [6.45, 7) is 4.37. The summed E-state index contributed by atoms with van der Waals surface area (Å²) < 4.78 is 0. The maximum absolute atomic E-state index is 10.6. The van der Waals surface area contributed by atoms with Crippen molar-refractivity contribution in [3.63, 3.8) is 0 Å². The number of benzene rings is 1. The molecule has 3 unspecified atom stereocenters. The second-order valence-corrected chi connectivity index (χ2v) is 4.89. The predicted molar refractivity (Wildman–Crippen MR) is 74.4 cm³/mol. The molecule has 2 heteroatoms. The Balaban J connectivity index is 2.31. The summed E-state index contributed by atoms with van der Waals surface area (Å²) in [6.07, 6.45) is 2.44. The molecule has 2 rings (SSSR count). The molecular weight excluding hydrogens is 222 g/mol. The normalized spacial score (nSPS) is 16.2. The molecule has 1 heterocycles. The van der Waals surface area contributed by atoms with E-state index in [1.165, 1.54) is 5.56 Å². The van der Waals surface area contributed by atoms with Crippen LogP contribution in [0.1, 0.15) is 43.5 Å². The molecule has 96 valence electrons. The quantitative estimate of drug-likeness (QED) is 0.821. The van der Waals surface area contributed by atoms with E-state index in [0.717, 1.165) is 12.1 Å². The van der Waals surface area contributed by atoms with Gasteiger partial charge in [-0.25, -0.2) is 0 Å². The van der Waals surface area contributed by atoms with Gasteiger partial charge in [-0.05, 0) is 23.6 Å². The second-order valence-electron chi connectivity index (χ2n) is 4.89. The van der Waals surface area contributed by atoms with Crippen molar-refractivity contribution >= 4 is 0 Å². The molecular formula is C16H21NO. The van der Waals surface area contributed by atoms with E-state index >= 15 is 0 Å². The van der Waals surface area contributed by atoms with Gasteiger partial charge in [0.05, 0.1) is 0 Å². The lowest BCUT2D eigenvalue weighted by Gasteiger charge is -2.28. The molecule has 18 heavy (non-hydrogen) atoms. The summed E-state index contributed by atoms with van der Waals surface area (Å²) in [6, 6.07) is 14.2. The van der Waals surface area contributed by atoms with Gasteiger partial charge in [-0.15, -0.1) is 0 Å². The van der Waals surface area contributed by atoms with E-state index in [4.69, 9.17) is 0 Å². The number of aliphatic hydroxyl groups excluding tert-OH is 1. The molecule has 1 aromatic heterocycles. The fraction of sp³-hybridized carbons (Fsp3) is 0.375. The second kappa shape index (κ2) is 5.87. The third-order valence-electron chi connectivity index (χ3n) is 3.72. The largest absolute Gasteiger partial charge is 0.386 e. The highest BCUT2D eigenvalue weighted by atomic mass is 16.3. The molecule has 0 aliphatic carbocycles. The number of H-pyrrole nitrogens is 1. The van der Waals surface area contributed by atoms with Gasteiger partial charge in [-0.2, -0.15) is 0 Å². The van der Waals surface area contributed by atoms with E-state index < -0.39 is 6.10 Å². The minimum atomic E-state index is -0.475. The van der Waals surface area contributed by atoms with E-state index in [2.05, 4.69) is 31.0 Å². The minimum absolute atomic E-state index is 0.134. The highest BCUT2D eigenvalue weighted by Gasteiger charge is 2.27. The molecule has 1 aromatic carbocycles. The summed E-state index contributed by atoms with van der Waals surface area (Å²) in [7, 11) is 0. The van der Waals surface area contributed by atoms with E-state index in [1.807, 2.05) is 36.5 Å². The van der Waals surface area contributed by atoms with Gasteiger partial charge in [-0.3, -0.25) is 0 Å². The van der Waals surface area contributed by atoms with Crippen molar-refractivity contribution in [3.8, 4) is 0 Å². The first-order chi connectivity index (χ1) is 8.74. The lowest BCUT2D eigenvalue weighted by molar-refractivity contribution is 0.114. The zero-order valence-corrected chi connectivity index (χ0v) is 11.0. The van der Waals surface area contributed by atoms with Gasteiger partial charge in [-0.1, -0.05) is 50.6 Å². The number of nitrogens with one attached hydrogen (secondary N) is 1. The van der Waals surface area contributed by atoms with E-state index in [0.29, 0.717) is 5.92 Å². The minimum Gasteiger partial charge on any atom is -0.386 e. The molecule has 0 bridgehead atoms. The van der Waals surface area contributed by atoms with Crippen LogP contribution in [0.2, 0.25) is 0 Å². The van der Waals surface area contributed by atoms with Crippen molar-refractivity contribution in [1.29, 1.82) is 0 Å². The van der Waals surface area contributed by atoms with Gasteiger partial charge in [0.25, 0.3) is 0 Å². The monoisotopic (exact) mass is 243 g/mol.